The molecule has 0 aliphatic heterocycles. The molecule has 0 saturated carbocycles. The molecule has 20 heavy (non-hydrogen) atoms. The Morgan fingerprint density at radius 2 is 2.05 bits per heavy atom. The Bertz CT molecular complexity index is 754. The summed E-state index contributed by atoms with van der Waals surface area (Å²) in [6.45, 7) is 0.639. The third-order valence-corrected chi connectivity index (χ3v) is 3.21. The van der Waals surface area contributed by atoms with Crippen LogP contribution in [0, 0.1) is 4.77 Å². The van der Waals surface area contributed by atoms with E-state index in [2.05, 4.69) is 28.4 Å². The van der Waals surface area contributed by atoms with Crippen molar-refractivity contribution in [1.29, 1.82) is 0 Å². The molecule has 0 amide bonds. The highest BCUT2D eigenvalue weighted by Gasteiger charge is 2.09. The number of hydrogen-bond donors (Lipinski definition) is 1. The van der Waals surface area contributed by atoms with Crippen molar-refractivity contribution in [2.45, 2.75) is 6.54 Å². The van der Waals surface area contributed by atoms with Crippen LogP contribution in [0.15, 0.2) is 59.2 Å². The summed E-state index contributed by atoms with van der Waals surface area (Å²) in [6, 6.07) is 13.8. The first-order valence-electron chi connectivity index (χ1n) is 6.25. The first-order chi connectivity index (χ1) is 9.84. The summed E-state index contributed by atoms with van der Waals surface area (Å²) in [5.41, 5.74) is 1.15. The monoisotopic (exact) mass is 283 g/mol. The van der Waals surface area contributed by atoms with Crippen molar-refractivity contribution >= 4 is 18.3 Å². The summed E-state index contributed by atoms with van der Waals surface area (Å²) in [5, 5.41) is 7.00. The van der Waals surface area contributed by atoms with Crippen LogP contribution in [-0.4, -0.2) is 14.8 Å². The standard InChI is InChI=1S/C15H13N3OS/c20-15-17-16-14(13-9-5-11-19-13)18(15)10-4-8-12-6-2-1-3-7-12/h1-9,11H,10H2,(H,17,20). The van der Waals surface area contributed by atoms with Crippen LogP contribution in [0.3, 0.4) is 0 Å². The van der Waals surface area contributed by atoms with Crippen molar-refractivity contribution in [2.24, 2.45) is 0 Å². The maximum atomic E-state index is 5.36. The number of furan rings is 1. The highest BCUT2D eigenvalue weighted by Crippen LogP contribution is 2.17. The molecule has 3 aromatic rings. The van der Waals surface area contributed by atoms with Gasteiger partial charge in [-0.2, -0.15) is 5.10 Å². The van der Waals surface area contributed by atoms with Crippen molar-refractivity contribution in [2.75, 3.05) is 0 Å². The minimum absolute atomic E-state index is 0.578. The Kier molecular flexibility index (Phi) is 3.60. The summed E-state index contributed by atoms with van der Waals surface area (Å²) in [5.74, 6) is 1.41. The topological polar surface area (TPSA) is 46.8 Å². The Morgan fingerprint density at radius 3 is 2.80 bits per heavy atom. The molecule has 0 spiro atoms. The van der Waals surface area contributed by atoms with Crippen molar-refractivity contribution in [3.63, 3.8) is 0 Å². The second kappa shape index (κ2) is 5.71. The molecule has 2 heterocycles. The Labute approximate surface area is 121 Å². The summed E-state index contributed by atoms with van der Waals surface area (Å²) < 4.78 is 7.84. The van der Waals surface area contributed by atoms with Crippen LogP contribution in [0.1, 0.15) is 5.56 Å². The molecule has 0 atom stereocenters. The van der Waals surface area contributed by atoms with Crippen molar-refractivity contribution < 1.29 is 4.42 Å². The van der Waals surface area contributed by atoms with E-state index in [1.54, 1.807) is 6.26 Å². The van der Waals surface area contributed by atoms with Crippen molar-refractivity contribution in [1.82, 2.24) is 14.8 Å². The van der Waals surface area contributed by atoms with Gasteiger partial charge in [-0.3, -0.25) is 9.67 Å². The van der Waals surface area contributed by atoms with Crippen LogP contribution in [0.2, 0.25) is 0 Å². The fourth-order valence-electron chi connectivity index (χ4n) is 1.94. The summed E-state index contributed by atoms with van der Waals surface area (Å²) >= 11 is 5.25. The molecule has 1 aromatic carbocycles. The molecule has 5 heteroatoms. The SMILES string of the molecule is S=c1[nH]nc(-c2ccco2)n1CC=Cc1ccccc1. The van der Waals surface area contributed by atoms with Crippen LogP contribution >= 0.6 is 12.2 Å². The van der Waals surface area contributed by atoms with E-state index in [4.69, 9.17) is 16.6 Å². The summed E-state index contributed by atoms with van der Waals surface area (Å²) in [6.07, 6.45) is 5.73. The van der Waals surface area contributed by atoms with E-state index in [0.29, 0.717) is 22.9 Å². The molecule has 100 valence electrons. The van der Waals surface area contributed by atoms with Crippen LogP contribution in [0.25, 0.3) is 17.7 Å². The van der Waals surface area contributed by atoms with Gasteiger partial charge in [0.2, 0.25) is 0 Å². The number of rotatable bonds is 4. The molecule has 0 aliphatic carbocycles. The highest BCUT2D eigenvalue weighted by molar-refractivity contribution is 7.71. The van der Waals surface area contributed by atoms with Gasteiger partial charge < -0.3 is 4.42 Å². The number of allylic oxidation sites excluding steroid dienone is 1. The number of aromatic amines is 1. The Hall–Kier alpha value is -2.40. The van der Waals surface area contributed by atoms with E-state index in [1.165, 1.54) is 0 Å². The molecule has 0 radical (unpaired) electrons. The second-order valence-corrected chi connectivity index (χ2v) is 4.64. The lowest BCUT2D eigenvalue weighted by Crippen LogP contribution is -1.98. The molecule has 4 nitrogen and oxygen atoms in total. The van der Waals surface area contributed by atoms with E-state index < -0.39 is 0 Å². The van der Waals surface area contributed by atoms with Gasteiger partial charge in [0.05, 0.1) is 6.26 Å². The molecule has 0 unspecified atom stereocenters. The molecular weight excluding hydrogens is 270 g/mol. The molecule has 0 fully saturated rings. The van der Waals surface area contributed by atoms with Gasteiger partial charge in [-0.05, 0) is 29.9 Å². The molecule has 1 N–H and O–H groups in total. The lowest BCUT2D eigenvalue weighted by atomic mass is 10.2. The lowest BCUT2D eigenvalue weighted by molar-refractivity contribution is 0.572. The predicted molar refractivity (Wildman–Crippen MR) is 80.6 cm³/mol. The summed E-state index contributed by atoms with van der Waals surface area (Å²) in [7, 11) is 0. The highest BCUT2D eigenvalue weighted by atomic mass is 32.1. The molecule has 3 rings (SSSR count). The number of H-pyrrole nitrogens is 1. The zero-order valence-electron chi connectivity index (χ0n) is 10.7. The third-order valence-electron chi connectivity index (χ3n) is 2.90. The van der Waals surface area contributed by atoms with Gasteiger partial charge in [0.15, 0.2) is 16.4 Å². The largest absolute Gasteiger partial charge is 0.461 e. The normalized spacial score (nSPS) is 11.2. The Balaban J connectivity index is 1.83. The number of hydrogen-bond acceptors (Lipinski definition) is 3. The lowest BCUT2D eigenvalue weighted by Gasteiger charge is -2.00. The van der Waals surface area contributed by atoms with Crippen LogP contribution in [-0.2, 0) is 6.54 Å². The smallest absolute Gasteiger partial charge is 0.198 e. The molecule has 0 bridgehead atoms. The second-order valence-electron chi connectivity index (χ2n) is 4.25. The van der Waals surface area contributed by atoms with Gasteiger partial charge in [-0.1, -0.05) is 42.5 Å². The maximum Gasteiger partial charge on any atom is 0.198 e. The van der Waals surface area contributed by atoms with Gasteiger partial charge in [0, 0.05) is 6.54 Å². The van der Waals surface area contributed by atoms with E-state index in [-0.39, 0.29) is 0 Å². The van der Waals surface area contributed by atoms with Crippen LogP contribution < -0.4 is 0 Å². The zero-order valence-corrected chi connectivity index (χ0v) is 11.5. The average Bonchev–Trinajstić information content (AvgIpc) is 3.11. The molecule has 0 saturated heterocycles. The van der Waals surface area contributed by atoms with Crippen molar-refractivity contribution in [3.05, 3.63) is 65.1 Å². The average molecular weight is 283 g/mol. The minimum Gasteiger partial charge on any atom is -0.461 e. The fraction of sp³-hybridized carbons (Fsp3) is 0.0667. The molecule has 2 aromatic heterocycles. The predicted octanol–water partition coefficient (Wildman–Crippen LogP) is 3.91. The van der Waals surface area contributed by atoms with Gasteiger partial charge in [0.1, 0.15) is 0 Å². The number of nitrogens with zero attached hydrogens (tertiary/aromatic N) is 2. The first-order valence-corrected chi connectivity index (χ1v) is 6.66. The number of nitrogens with one attached hydrogen (secondary N) is 1. The quantitative estimate of drug-likeness (QED) is 0.738. The molecule has 0 aliphatic rings. The van der Waals surface area contributed by atoms with E-state index in [0.717, 1.165) is 5.56 Å². The third kappa shape index (κ3) is 2.62. The number of aromatic nitrogens is 3. The van der Waals surface area contributed by atoms with E-state index >= 15 is 0 Å². The molecular formula is C15H13N3OS. The van der Waals surface area contributed by atoms with Crippen LogP contribution in [0.4, 0.5) is 0 Å². The van der Waals surface area contributed by atoms with Gasteiger partial charge in [-0.15, -0.1) is 0 Å². The Morgan fingerprint density at radius 1 is 1.20 bits per heavy atom. The van der Waals surface area contributed by atoms with Gasteiger partial charge in [-0.25, -0.2) is 0 Å². The fourth-order valence-corrected chi connectivity index (χ4v) is 2.15. The number of benzene rings is 1. The maximum absolute atomic E-state index is 5.36. The summed E-state index contributed by atoms with van der Waals surface area (Å²) in [4.78, 5) is 0. The minimum atomic E-state index is 0.578. The van der Waals surface area contributed by atoms with Gasteiger partial charge >= 0.3 is 0 Å². The zero-order chi connectivity index (χ0) is 13.8. The van der Waals surface area contributed by atoms with Crippen molar-refractivity contribution in [3.8, 4) is 11.6 Å². The first kappa shape index (κ1) is 12.6. The van der Waals surface area contributed by atoms with E-state index in [1.807, 2.05) is 41.0 Å². The van der Waals surface area contributed by atoms with Gasteiger partial charge in [0.25, 0.3) is 0 Å². The van der Waals surface area contributed by atoms with Crippen LogP contribution in [0.5, 0.6) is 0 Å². The van der Waals surface area contributed by atoms with E-state index in [9.17, 15) is 0 Å².